The molecule has 0 radical (unpaired) electrons. The Morgan fingerprint density at radius 2 is 2.05 bits per heavy atom. The fourth-order valence-corrected chi connectivity index (χ4v) is 2.18. The standard InChI is InChI=1S/C16H19NO3/c1-10-4-5-11(2)14(8-10)12(3)17-9-13-6-7-15(20-13)16(18)19/h4-8,12,17H,9H2,1-3H3,(H,18,19). The monoisotopic (exact) mass is 273 g/mol. The van der Waals surface area contributed by atoms with Gasteiger partial charge in [-0.3, -0.25) is 0 Å². The summed E-state index contributed by atoms with van der Waals surface area (Å²) in [4.78, 5) is 10.7. The first-order chi connectivity index (χ1) is 9.47. The highest BCUT2D eigenvalue weighted by atomic mass is 16.4. The summed E-state index contributed by atoms with van der Waals surface area (Å²) in [5.41, 5.74) is 3.71. The summed E-state index contributed by atoms with van der Waals surface area (Å²) >= 11 is 0. The first-order valence-corrected chi connectivity index (χ1v) is 6.60. The summed E-state index contributed by atoms with van der Waals surface area (Å²) in [6.07, 6.45) is 0. The van der Waals surface area contributed by atoms with Gasteiger partial charge in [0, 0.05) is 6.04 Å². The van der Waals surface area contributed by atoms with Crippen molar-refractivity contribution in [2.75, 3.05) is 0 Å². The molecule has 2 N–H and O–H groups in total. The first kappa shape index (κ1) is 14.3. The average Bonchev–Trinajstić information content (AvgIpc) is 2.88. The topological polar surface area (TPSA) is 62.5 Å². The van der Waals surface area contributed by atoms with Crippen LogP contribution in [0.1, 0.15) is 46.0 Å². The van der Waals surface area contributed by atoms with E-state index in [2.05, 4.69) is 44.3 Å². The molecule has 1 aromatic heterocycles. The minimum Gasteiger partial charge on any atom is -0.475 e. The van der Waals surface area contributed by atoms with E-state index in [1.54, 1.807) is 6.07 Å². The maximum atomic E-state index is 10.7. The number of nitrogens with one attached hydrogen (secondary N) is 1. The van der Waals surface area contributed by atoms with Crippen molar-refractivity contribution in [3.05, 3.63) is 58.5 Å². The number of hydrogen-bond acceptors (Lipinski definition) is 3. The van der Waals surface area contributed by atoms with Crippen LogP contribution in [0.3, 0.4) is 0 Å². The van der Waals surface area contributed by atoms with Crippen LogP contribution in [0.2, 0.25) is 0 Å². The Kier molecular flexibility index (Phi) is 4.25. The van der Waals surface area contributed by atoms with Gasteiger partial charge < -0.3 is 14.8 Å². The zero-order valence-electron chi connectivity index (χ0n) is 11.9. The van der Waals surface area contributed by atoms with E-state index in [0.717, 1.165) is 0 Å². The highest BCUT2D eigenvalue weighted by molar-refractivity contribution is 5.84. The van der Waals surface area contributed by atoms with Crippen molar-refractivity contribution in [2.45, 2.75) is 33.4 Å². The second kappa shape index (κ2) is 5.92. The van der Waals surface area contributed by atoms with Crippen LogP contribution in [0.25, 0.3) is 0 Å². The SMILES string of the molecule is Cc1ccc(C)c(C(C)NCc2ccc(C(=O)O)o2)c1. The summed E-state index contributed by atoms with van der Waals surface area (Å²) < 4.78 is 5.22. The van der Waals surface area contributed by atoms with Crippen molar-refractivity contribution in [3.63, 3.8) is 0 Å². The quantitative estimate of drug-likeness (QED) is 0.876. The van der Waals surface area contributed by atoms with E-state index in [4.69, 9.17) is 9.52 Å². The van der Waals surface area contributed by atoms with Crippen LogP contribution in [0, 0.1) is 13.8 Å². The van der Waals surface area contributed by atoms with E-state index in [9.17, 15) is 4.79 Å². The normalized spacial score (nSPS) is 12.3. The fourth-order valence-electron chi connectivity index (χ4n) is 2.18. The summed E-state index contributed by atoms with van der Waals surface area (Å²) in [5.74, 6) is -0.445. The molecule has 0 amide bonds. The first-order valence-electron chi connectivity index (χ1n) is 6.60. The molecule has 1 unspecified atom stereocenters. The predicted octanol–water partition coefficient (Wildman–Crippen LogP) is 3.45. The molecule has 4 nitrogen and oxygen atoms in total. The Balaban J connectivity index is 2.02. The van der Waals surface area contributed by atoms with Crippen LogP contribution in [0.5, 0.6) is 0 Å². The van der Waals surface area contributed by atoms with E-state index < -0.39 is 5.97 Å². The van der Waals surface area contributed by atoms with Gasteiger partial charge in [-0.05, 0) is 44.0 Å². The summed E-state index contributed by atoms with van der Waals surface area (Å²) in [6, 6.07) is 9.70. The number of benzene rings is 1. The lowest BCUT2D eigenvalue weighted by Gasteiger charge is -2.16. The van der Waals surface area contributed by atoms with Crippen LogP contribution >= 0.6 is 0 Å². The Bertz CT molecular complexity index is 616. The third kappa shape index (κ3) is 3.27. The fraction of sp³-hybridized carbons (Fsp3) is 0.312. The number of aromatic carboxylic acids is 1. The number of carboxylic acid groups (broad SMARTS) is 1. The lowest BCUT2D eigenvalue weighted by atomic mass is 10.00. The number of aryl methyl sites for hydroxylation is 2. The van der Waals surface area contributed by atoms with Crippen molar-refractivity contribution < 1.29 is 14.3 Å². The Morgan fingerprint density at radius 3 is 2.70 bits per heavy atom. The molecule has 0 spiro atoms. The number of carboxylic acids is 1. The van der Waals surface area contributed by atoms with Crippen molar-refractivity contribution in [1.82, 2.24) is 5.32 Å². The summed E-state index contributed by atoms with van der Waals surface area (Å²) in [5, 5.41) is 12.2. The molecule has 4 heteroatoms. The second-order valence-electron chi connectivity index (χ2n) is 5.03. The number of carbonyl (C=O) groups is 1. The molecule has 1 heterocycles. The van der Waals surface area contributed by atoms with Gasteiger partial charge in [0.15, 0.2) is 0 Å². The molecule has 2 aromatic rings. The molecule has 1 aromatic carbocycles. The highest BCUT2D eigenvalue weighted by Crippen LogP contribution is 2.19. The highest BCUT2D eigenvalue weighted by Gasteiger charge is 2.11. The summed E-state index contributed by atoms with van der Waals surface area (Å²) in [7, 11) is 0. The average molecular weight is 273 g/mol. The van der Waals surface area contributed by atoms with Gasteiger partial charge in [-0.1, -0.05) is 23.8 Å². The number of rotatable bonds is 5. The van der Waals surface area contributed by atoms with Crippen LogP contribution < -0.4 is 5.32 Å². The van der Waals surface area contributed by atoms with E-state index in [-0.39, 0.29) is 11.8 Å². The molecule has 0 aliphatic carbocycles. The van der Waals surface area contributed by atoms with Crippen LogP contribution in [0.4, 0.5) is 0 Å². The Morgan fingerprint density at radius 1 is 1.30 bits per heavy atom. The Labute approximate surface area is 118 Å². The smallest absolute Gasteiger partial charge is 0.371 e. The van der Waals surface area contributed by atoms with Crippen molar-refractivity contribution in [3.8, 4) is 0 Å². The van der Waals surface area contributed by atoms with Crippen molar-refractivity contribution >= 4 is 5.97 Å². The molecule has 2 rings (SSSR count). The third-order valence-electron chi connectivity index (χ3n) is 3.36. The van der Waals surface area contributed by atoms with Gasteiger partial charge in [0.1, 0.15) is 5.76 Å². The lowest BCUT2D eigenvalue weighted by Crippen LogP contribution is -2.18. The molecule has 0 bridgehead atoms. The van der Waals surface area contributed by atoms with Gasteiger partial charge in [0.05, 0.1) is 6.54 Å². The molecule has 0 aliphatic rings. The van der Waals surface area contributed by atoms with E-state index >= 15 is 0 Å². The third-order valence-corrected chi connectivity index (χ3v) is 3.36. The molecule has 0 saturated carbocycles. The van der Waals surface area contributed by atoms with Crippen LogP contribution in [0.15, 0.2) is 34.7 Å². The predicted molar refractivity (Wildman–Crippen MR) is 76.8 cm³/mol. The minimum absolute atomic E-state index is 0.0267. The second-order valence-corrected chi connectivity index (χ2v) is 5.03. The van der Waals surface area contributed by atoms with E-state index in [1.165, 1.54) is 22.8 Å². The number of hydrogen-bond donors (Lipinski definition) is 2. The van der Waals surface area contributed by atoms with E-state index in [0.29, 0.717) is 12.3 Å². The van der Waals surface area contributed by atoms with Crippen molar-refractivity contribution in [1.29, 1.82) is 0 Å². The largest absolute Gasteiger partial charge is 0.475 e. The molecule has 0 fully saturated rings. The lowest BCUT2D eigenvalue weighted by molar-refractivity contribution is 0.0660. The zero-order valence-corrected chi connectivity index (χ0v) is 11.9. The molecular formula is C16H19NO3. The van der Waals surface area contributed by atoms with Crippen molar-refractivity contribution in [2.24, 2.45) is 0 Å². The van der Waals surface area contributed by atoms with Crippen LogP contribution in [-0.4, -0.2) is 11.1 Å². The molecule has 0 saturated heterocycles. The van der Waals surface area contributed by atoms with E-state index in [1.807, 2.05) is 0 Å². The van der Waals surface area contributed by atoms with Gasteiger partial charge >= 0.3 is 5.97 Å². The molecule has 1 atom stereocenters. The Hall–Kier alpha value is -2.07. The van der Waals surface area contributed by atoms with Gasteiger partial charge in [-0.2, -0.15) is 0 Å². The molecular weight excluding hydrogens is 254 g/mol. The van der Waals surface area contributed by atoms with Gasteiger partial charge in [-0.15, -0.1) is 0 Å². The van der Waals surface area contributed by atoms with Crippen LogP contribution in [-0.2, 0) is 6.54 Å². The van der Waals surface area contributed by atoms with Gasteiger partial charge in [0.25, 0.3) is 0 Å². The van der Waals surface area contributed by atoms with Gasteiger partial charge in [0.2, 0.25) is 5.76 Å². The molecule has 0 aliphatic heterocycles. The maximum Gasteiger partial charge on any atom is 0.371 e. The minimum atomic E-state index is -1.04. The molecule has 20 heavy (non-hydrogen) atoms. The maximum absolute atomic E-state index is 10.7. The van der Waals surface area contributed by atoms with Gasteiger partial charge in [-0.25, -0.2) is 4.79 Å². The molecule has 106 valence electrons. The summed E-state index contributed by atoms with van der Waals surface area (Å²) in [6.45, 7) is 6.74. The number of furan rings is 1. The zero-order chi connectivity index (χ0) is 14.7.